The fourth-order valence-corrected chi connectivity index (χ4v) is 1.49. The minimum Gasteiger partial charge on any atom is -0.254 e. The van der Waals surface area contributed by atoms with Crippen molar-refractivity contribution in [3.05, 3.63) is 22.8 Å². The van der Waals surface area contributed by atoms with Crippen LogP contribution in [0.4, 0.5) is 0 Å². The molecule has 1 aromatic rings. The van der Waals surface area contributed by atoms with E-state index in [0.29, 0.717) is 11.8 Å². The monoisotopic (exact) mass is 192 g/mol. The Bertz CT molecular complexity index is 294. The highest BCUT2D eigenvalue weighted by Crippen LogP contribution is 2.23. The third kappa shape index (κ3) is 2.11. The third-order valence-corrected chi connectivity index (χ3v) is 2.46. The van der Waals surface area contributed by atoms with Gasteiger partial charge in [-0.15, -0.1) is 0 Å². The Morgan fingerprint density at radius 2 is 1.00 bits per heavy atom. The van der Waals surface area contributed by atoms with Crippen LogP contribution in [0.3, 0.4) is 0 Å². The van der Waals surface area contributed by atoms with Gasteiger partial charge in [-0.1, -0.05) is 27.7 Å². The number of hydrogen-bond donors (Lipinski definition) is 0. The Labute approximate surface area is 86.8 Å². The normalized spacial score (nSPS) is 11.4. The summed E-state index contributed by atoms with van der Waals surface area (Å²) in [6, 6.07) is 0. The summed E-state index contributed by atoms with van der Waals surface area (Å²) in [5.74, 6) is 0.915. The lowest BCUT2D eigenvalue weighted by Gasteiger charge is -2.15. The molecule has 1 rings (SSSR count). The van der Waals surface area contributed by atoms with Crippen LogP contribution >= 0.6 is 0 Å². The first-order valence-electron chi connectivity index (χ1n) is 5.28. The van der Waals surface area contributed by atoms with Crippen LogP contribution in [0.15, 0.2) is 0 Å². The van der Waals surface area contributed by atoms with E-state index in [9.17, 15) is 0 Å². The van der Waals surface area contributed by atoms with Crippen LogP contribution in [0.2, 0.25) is 0 Å². The molecule has 0 saturated carbocycles. The van der Waals surface area contributed by atoms with Crippen molar-refractivity contribution >= 4 is 0 Å². The molecule has 0 N–H and O–H groups in total. The van der Waals surface area contributed by atoms with E-state index in [-0.39, 0.29) is 0 Å². The van der Waals surface area contributed by atoms with E-state index < -0.39 is 0 Å². The van der Waals surface area contributed by atoms with Gasteiger partial charge in [0.05, 0.1) is 22.8 Å². The first kappa shape index (κ1) is 11.2. The first-order valence-corrected chi connectivity index (χ1v) is 5.28. The summed E-state index contributed by atoms with van der Waals surface area (Å²) >= 11 is 0. The van der Waals surface area contributed by atoms with Crippen molar-refractivity contribution in [2.24, 2.45) is 0 Å². The van der Waals surface area contributed by atoms with Crippen molar-refractivity contribution < 1.29 is 0 Å². The van der Waals surface area contributed by atoms with E-state index in [0.717, 1.165) is 22.8 Å². The minimum absolute atomic E-state index is 0.458. The molecule has 0 spiro atoms. The molecule has 0 aliphatic rings. The number of rotatable bonds is 2. The SMILES string of the molecule is Cc1nc(C(C)C)c(C(C)C)nc1C. The maximum absolute atomic E-state index is 4.63. The van der Waals surface area contributed by atoms with Crippen LogP contribution in [-0.2, 0) is 0 Å². The van der Waals surface area contributed by atoms with Crippen molar-refractivity contribution in [3.8, 4) is 0 Å². The zero-order valence-corrected chi connectivity index (χ0v) is 10.0. The summed E-state index contributed by atoms with van der Waals surface area (Å²) in [5, 5.41) is 0. The molecule has 0 aliphatic carbocycles. The summed E-state index contributed by atoms with van der Waals surface area (Å²) in [5.41, 5.74) is 4.42. The largest absolute Gasteiger partial charge is 0.254 e. The van der Waals surface area contributed by atoms with E-state index in [4.69, 9.17) is 0 Å². The van der Waals surface area contributed by atoms with Gasteiger partial charge in [-0.05, 0) is 25.7 Å². The standard InChI is InChI=1S/C12H20N2/c1-7(2)11-12(8(3)4)14-10(6)9(5)13-11/h7-8H,1-6H3. The molecule has 2 nitrogen and oxygen atoms in total. The molecule has 1 aromatic heterocycles. The third-order valence-electron chi connectivity index (χ3n) is 2.46. The van der Waals surface area contributed by atoms with Crippen molar-refractivity contribution in [3.63, 3.8) is 0 Å². The van der Waals surface area contributed by atoms with Crippen LogP contribution in [0.25, 0.3) is 0 Å². The van der Waals surface area contributed by atoms with Gasteiger partial charge in [0.2, 0.25) is 0 Å². The molecule has 0 atom stereocenters. The summed E-state index contributed by atoms with van der Waals surface area (Å²) in [6.07, 6.45) is 0. The van der Waals surface area contributed by atoms with Gasteiger partial charge in [0.15, 0.2) is 0 Å². The lowest BCUT2D eigenvalue weighted by Crippen LogP contribution is -2.08. The minimum atomic E-state index is 0.458. The van der Waals surface area contributed by atoms with E-state index in [2.05, 4.69) is 37.7 Å². The molecule has 2 heteroatoms. The average Bonchev–Trinajstić information content (AvgIpc) is 2.08. The number of nitrogens with zero attached hydrogens (tertiary/aromatic N) is 2. The summed E-state index contributed by atoms with van der Waals surface area (Å²) in [7, 11) is 0. The second-order valence-corrected chi connectivity index (χ2v) is 4.47. The fourth-order valence-electron chi connectivity index (χ4n) is 1.49. The quantitative estimate of drug-likeness (QED) is 0.718. The second-order valence-electron chi connectivity index (χ2n) is 4.47. The fraction of sp³-hybridized carbons (Fsp3) is 0.667. The molecule has 1 heterocycles. The smallest absolute Gasteiger partial charge is 0.0650 e. The van der Waals surface area contributed by atoms with Crippen LogP contribution in [0.5, 0.6) is 0 Å². The van der Waals surface area contributed by atoms with Gasteiger partial charge in [0, 0.05) is 0 Å². The highest BCUT2D eigenvalue weighted by molar-refractivity contribution is 5.23. The molecule has 0 radical (unpaired) electrons. The van der Waals surface area contributed by atoms with Crippen molar-refractivity contribution in [2.75, 3.05) is 0 Å². The Morgan fingerprint density at radius 1 is 0.714 bits per heavy atom. The number of aryl methyl sites for hydroxylation is 2. The van der Waals surface area contributed by atoms with Crippen molar-refractivity contribution in [1.82, 2.24) is 9.97 Å². The van der Waals surface area contributed by atoms with Crippen molar-refractivity contribution in [2.45, 2.75) is 53.4 Å². The molecule has 0 fully saturated rings. The Morgan fingerprint density at radius 3 is 1.21 bits per heavy atom. The van der Waals surface area contributed by atoms with Crippen LogP contribution in [-0.4, -0.2) is 9.97 Å². The number of hydrogen-bond acceptors (Lipinski definition) is 2. The summed E-state index contributed by atoms with van der Waals surface area (Å²) in [6.45, 7) is 12.7. The Kier molecular flexibility index (Phi) is 3.25. The summed E-state index contributed by atoms with van der Waals surface area (Å²) < 4.78 is 0. The maximum Gasteiger partial charge on any atom is 0.0650 e. The maximum atomic E-state index is 4.63. The van der Waals surface area contributed by atoms with Crippen molar-refractivity contribution in [1.29, 1.82) is 0 Å². The van der Waals surface area contributed by atoms with E-state index in [1.54, 1.807) is 0 Å². The van der Waals surface area contributed by atoms with E-state index in [1.807, 2.05) is 13.8 Å². The lowest BCUT2D eigenvalue weighted by atomic mass is 10.00. The molecule has 0 unspecified atom stereocenters. The zero-order chi connectivity index (χ0) is 10.9. The number of aromatic nitrogens is 2. The predicted octanol–water partition coefficient (Wildman–Crippen LogP) is 3.34. The molecule has 0 amide bonds. The predicted molar refractivity (Wildman–Crippen MR) is 59.7 cm³/mol. The van der Waals surface area contributed by atoms with E-state index >= 15 is 0 Å². The average molecular weight is 192 g/mol. The van der Waals surface area contributed by atoms with Gasteiger partial charge >= 0.3 is 0 Å². The topological polar surface area (TPSA) is 25.8 Å². The highest BCUT2D eigenvalue weighted by Gasteiger charge is 2.14. The van der Waals surface area contributed by atoms with Gasteiger partial charge in [0.1, 0.15) is 0 Å². The molecule has 0 aliphatic heterocycles. The van der Waals surface area contributed by atoms with Gasteiger partial charge in [-0.25, -0.2) is 0 Å². The first-order chi connectivity index (χ1) is 6.43. The molecular weight excluding hydrogens is 172 g/mol. The van der Waals surface area contributed by atoms with Gasteiger partial charge in [0.25, 0.3) is 0 Å². The van der Waals surface area contributed by atoms with Gasteiger partial charge < -0.3 is 0 Å². The Hall–Kier alpha value is -0.920. The van der Waals surface area contributed by atoms with E-state index in [1.165, 1.54) is 0 Å². The Balaban J connectivity index is 3.31. The van der Waals surface area contributed by atoms with Crippen LogP contribution in [0.1, 0.15) is 62.3 Å². The second kappa shape index (κ2) is 4.07. The van der Waals surface area contributed by atoms with Crippen LogP contribution in [0, 0.1) is 13.8 Å². The molecule has 0 aromatic carbocycles. The summed E-state index contributed by atoms with van der Waals surface area (Å²) in [4.78, 5) is 9.26. The zero-order valence-electron chi connectivity index (χ0n) is 10.0. The van der Waals surface area contributed by atoms with Gasteiger partial charge in [-0.3, -0.25) is 9.97 Å². The molecule has 78 valence electrons. The highest BCUT2D eigenvalue weighted by atomic mass is 14.8. The molecule has 0 saturated heterocycles. The van der Waals surface area contributed by atoms with Gasteiger partial charge in [-0.2, -0.15) is 0 Å². The van der Waals surface area contributed by atoms with Crippen LogP contribution < -0.4 is 0 Å². The molecule has 14 heavy (non-hydrogen) atoms. The lowest BCUT2D eigenvalue weighted by molar-refractivity contribution is 0.713. The molecular formula is C12H20N2. The molecule has 0 bridgehead atoms.